The lowest BCUT2D eigenvalue weighted by molar-refractivity contribution is -0.156. The van der Waals surface area contributed by atoms with Gasteiger partial charge in [0.05, 0.1) is 12.7 Å². The van der Waals surface area contributed by atoms with Gasteiger partial charge in [-0.15, -0.1) is 0 Å². The summed E-state index contributed by atoms with van der Waals surface area (Å²) in [5.74, 6) is -0.276. The number of hydrogen-bond donors (Lipinski definition) is 1. The molecule has 15 heavy (non-hydrogen) atoms. The fourth-order valence-corrected chi connectivity index (χ4v) is 1.40. The fourth-order valence-electron chi connectivity index (χ4n) is 1.40. The molecule has 0 aromatic rings. The van der Waals surface area contributed by atoms with Crippen LogP contribution in [-0.2, 0) is 19.1 Å². The Morgan fingerprint density at radius 2 is 2.20 bits per heavy atom. The number of ether oxygens (including phenoxy) is 2. The molecule has 5 nitrogen and oxygen atoms in total. The molecule has 0 bridgehead atoms. The van der Waals surface area contributed by atoms with E-state index in [1.165, 1.54) is 6.92 Å². The first-order valence-electron chi connectivity index (χ1n) is 4.89. The molecule has 0 saturated carbocycles. The molecule has 0 amide bonds. The molecule has 0 aromatic heterocycles. The Balaban J connectivity index is 0.000000921. The van der Waals surface area contributed by atoms with E-state index in [0.29, 0.717) is 13.0 Å². The normalized spacial score (nSPS) is 24.7. The first-order chi connectivity index (χ1) is 7.22. The molecule has 0 radical (unpaired) electrons. The van der Waals surface area contributed by atoms with Crippen molar-refractivity contribution in [1.82, 2.24) is 0 Å². The van der Waals surface area contributed by atoms with Crippen molar-refractivity contribution in [2.75, 3.05) is 13.7 Å². The minimum atomic E-state index is -0.276. The lowest BCUT2D eigenvalue weighted by atomic mass is 10.1. The number of rotatable bonds is 3. The largest absolute Gasteiger partial charge is 0.460 e. The highest BCUT2D eigenvalue weighted by atomic mass is 16.6. The second-order valence-electron chi connectivity index (χ2n) is 3.17. The van der Waals surface area contributed by atoms with Crippen LogP contribution in [0, 0.1) is 0 Å². The third-order valence-electron chi connectivity index (χ3n) is 2.02. The number of esters is 1. The van der Waals surface area contributed by atoms with Crippen LogP contribution in [0.1, 0.15) is 26.2 Å². The number of aliphatic hydroxyl groups excluding tert-OH is 1. The van der Waals surface area contributed by atoms with Crippen molar-refractivity contribution in [3.63, 3.8) is 0 Å². The molecular weight excluding hydrogens is 200 g/mol. The topological polar surface area (TPSA) is 72.8 Å². The highest BCUT2D eigenvalue weighted by molar-refractivity contribution is 5.66. The smallest absolute Gasteiger partial charge is 0.302 e. The molecule has 5 heteroatoms. The maximum Gasteiger partial charge on any atom is 0.302 e. The Bertz CT molecular complexity index is 184. The number of aliphatic hydroxyl groups is 1. The zero-order valence-electron chi connectivity index (χ0n) is 9.14. The van der Waals surface area contributed by atoms with Crippen molar-refractivity contribution in [2.45, 2.75) is 38.4 Å². The predicted octanol–water partition coefficient (Wildman–Crippen LogP) is 0.295. The summed E-state index contributed by atoms with van der Waals surface area (Å²) in [5.41, 5.74) is 0. The highest BCUT2D eigenvalue weighted by Crippen LogP contribution is 2.17. The van der Waals surface area contributed by atoms with E-state index in [0.717, 1.165) is 26.2 Å². The van der Waals surface area contributed by atoms with Crippen LogP contribution in [0.25, 0.3) is 0 Å². The minimum Gasteiger partial charge on any atom is -0.460 e. The van der Waals surface area contributed by atoms with Gasteiger partial charge >= 0.3 is 5.97 Å². The highest BCUT2D eigenvalue weighted by Gasteiger charge is 2.22. The van der Waals surface area contributed by atoms with Gasteiger partial charge in [0, 0.05) is 20.5 Å². The molecule has 0 aliphatic carbocycles. The zero-order valence-corrected chi connectivity index (χ0v) is 9.14. The summed E-state index contributed by atoms with van der Waals surface area (Å²) in [7, 11) is 1.00. The van der Waals surface area contributed by atoms with Crippen LogP contribution in [0.5, 0.6) is 0 Å². The predicted molar refractivity (Wildman–Crippen MR) is 53.4 cm³/mol. The third-order valence-corrected chi connectivity index (χ3v) is 2.02. The Hall–Kier alpha value is -0.940. The molecule has 2 unspecified atom stereocenters. The molecule has 0 spiro atoms. The van der Waals surface area contributed by atoms with Gasteiger partial charge in [0.1, 0.15) is 12.4 Å². The first-order valence-corrected chi connectivity index (χ1v) is 4.89. The van der Waals surface area contributed by atoms with E-state index in [-0.39, 0.29) is 18.2 Å². The quantitative estimate of drug-likeness (QED) is 0.544. The standard InChI is InChI=1S/C9H14O4.CH4O/c1-7(11)13-9-3-2-8(4-5-10)12-6-9;1-2/h5,8-9H,2-4,6H2,1H3;2H,1H3. The van der Waals surface area contributed by atoms with Crippen LogP contribution < -0.4 is 0 Å². The summed E-state index contributed by atoms with van der Waals surface area (Å²) in [6.45, 7) is 1.80. The molecule has 0 aromatic carbocycles. The number of hydrogen-bond acceptors (Lipinski definition) is 5. The van der Waals surface area contributed by atoms with Gasteiger partial charge in [0.15, 0.2) is 0 Å². The summed E-state index contributed by atoms with van der Waals surface area (Å²) in [6, 6.07) is 0. The van der Waals surface area contributed by atoms with Crippen LogP contribution in [0.3, 0.4) is 0 Å². The molecule has 1 aliphatic heterocycles. The van der Waals surface area contributed by atoms with E-state index in [4.69, 9.17) is 14.6 Å². The monoisotopic (exact) mass is 218 g/mol. The zero-order chi connectivity index (χ0) is 11.7. The second-order valence-corrected chi connectivity index (χ2v) is 3.17. The van der Waals surface area contributed by atoms with Crippen LogP contribution >= 0.6 is 0 Å². The van der Waals surface area contributed by atoms with Gasteiger partial charge in [-0.05, 0) is 12.8 Å². The van der Waals surface area contributed by atoms with Crippen LogP contribution in [0.2, 0.25) is 0 Å². The molecule has 1 aliphatic rings. The van der Waals surface area contributed by atoms with Gasteiger partial charge in [-0.25, -0.2) is 0 Å². The van der Waals surface area contributed by atoms with E-state index in [1.54, 1.807) is 0 Å². The van der Waals surface area contributed by atoms with Crippen molar-refractivity contribution in [2.24, 2.45) is 0 Å². The molecule has 1 heterocycles. The van der Waals surface area contributed by atoms with E-state index in [9.17, 15) is 9.59 Å². The number of carbonyl (C=O) groups is 2. The Morgan fingerprint density at radius 1 is 1.53 bits per heavy atom. The van der Waals surface area contributed by atoms with Crippen molar-refractivity contribution in [3.05, 3.63) is 0 Å². The van der Waals surface area contributed by atoms with Gasteiger partial charge in [-0.1, -0.05) is 0 Å². The van der Waals surface area contributed by atoms with Gasteiger partial charge in [-0.3, -0.25) is 4.79 Å². The molecule has 1 saturated heterocycles. The Kier molecular flexibility index (Phi) is 7.85. The lowest BCUT2D eigenvalue weighted by Crippen LogP contribution is -2.32. The Labute approximate surface area is 89.4 Å². The Morgan fingerprint density at radius 3 is 2.60 bits per heavy atom. The summed E-state index contributed by atoms with van der Waals surface area (Å²) in [6.07, 6.45) is 2.77. The van der Waals surface area contributed by atoms with Crippen molar-refractivity contribution < 1.29 is 24.2 Å². The first kappa shape index (κ1) is 14.1. The second kappa shape index (κ2) is 8.38. The lowest BCUT2D eigenvalue weighted by Gasteiger charge is -2.27. The summed E-state index contributed by atoms with van der Waals surface area (Å²) in [5, 5.41) is 7.00. The van der Waals surface area contributed by atoms with E-state index in [1.807, 2.05) is 0 Å². The van der Waals surface area contributed by atoms with Crippen molar-refractivity contribution >= 4 is 12.3 Å². The molecule has 1 N–H and O–H groups in total. The van der Waals surface area contributed by atoms with Gasteiger partial charge in [-0.2, -0.15) is 0 Å². The average molecular weight is 218 g/mol. The van der Waals surface area contributed by atoms with Crippen LogP contribution in [0.15, 0.2) is 0 Å². The van der Waals surface area contributed by atoms with Crippen LogP contribution in [-0.4, -0.2) is 43.3 Å². The van der Waals surface area contributed by atoms with E-state index < -0.39 is 0 Å². The maximum absolute atomic E-state index is 10.6. The average Bonchev–Trinajstić information content (AvgIpc) is 2.24. The summed E-state index contributed by atoms with van der Waals surface area (Å²) < 4.78 is 10.3. The molecular formula is C10H18O5. The third kappa shape index (κ3) is 6.19. The summed E-state index contributed by atoms with van der Waals surface area (Å²) in [4.78, 5) is 20.8. The molecule has 2 atom stereocenters. The van der Waals surface area contributed by atoms with Gasteiger partial charge in [0.2, 0.25) is 0 Å². The number of aldehydes is 1. The molecule has 1 fully saturated rings. The van der Waals surface area contributed by atoms with E-state index >= 15 is 0 Å². The minimum absolute atomic E-state index is 0.0179. The SMILES string of the molecule is CC(=O)OC1CCC(CC=O)OC1.CO. The van der Waals surface area contributed by atoms with Crippen molar-refractivity contribution in [1.29, 1.82) is 0 Å². The van der Waals surface area contributed by atoms with Gasteiger partial charge in [0.25, 0.3) is 0 Å². The van der Waals surface area contributed by atoms with Crippen molar-refractivity contribution in [3.8, 4) is 0 Å². The maximum atomic E-state index is 10.6. The van der Waals surface area contributed by atoms with Gasteiger partial charge < -0.3 is 19.4 Å². The van der Waals surface area contributed by atoms with Crippen LogP contribution in [0.4, 0.5) is 0 Å². The fraction of sp³-hybridized carbons (Fsp3) is 0.800. The summed E-state index contributed by atoms with van der Waals surface area (Å²) >= 11 is 0. The molecule has 1 rings (SSSR count). The molecule has 88 valence electrons. The number of carbonyl (C=O) groups excluding carboxylic acids is 2. The van der Waals surface area contributed by atoms with E-state index in [2.05, 4.69) is 0 Å².